The summed E-state index contributed by atoms with van der Waals surface area (Å²) >= 11 is 8.27. The largest absolute Gasteiger partial charge is 0.490 e. The number of nitrogens with zero attached hydrogens (tertiary/aromatic N) is 1. The van der Waals surface area contributed by atoms with E-state index in [1.165, 1.54) is 0 Å². The van der Waals surface area contributed by atoms with Gasteiger partial charge in [0.05, 0.1) is 16.1 Å². The summed E-state index contributed by atoms with van der Waals surface area (Å²) in [5, 5.41) is 10.5. The molecule has 0 radical (unpaired) electrons. The van der Waals surface area contributed by atoms with Crippen LogP contribution in [-0.4, -0.2) is 12.4 Å². The van der Waals surface area contributed by atoms with Crippen LogP contribution in [0.3, 0.4) is 0 Å². The molecule has 33 heavy (non-hydrogen) atoms. The zero-order valence-electron chi connectivity index (χ0n) is 18.0. The molecule has 0 spiro atoms. The minimum absolute atomic E-state index is 0.0178. The fourth-order valence-electron chi connectivity index (χ4n) is 4.13. The summed E-state index contributed by atoms with van der Waals surface area (Å²) in [4.78, 5) is 12.9. The van der Waals surface area contributed by atoms with Crippen LogP contribution in [0, 0.1) is 14.9 Å². The van der Waals surface area contributed by atoms with Gasteiger partial charge < -0.3 is 19.9 Å². The van der Waals surface area contributed by atoms with Crippen LogP contribution < -0.4 is 15.2 Å². The summed E-state index contributed by atoms with van der Waals surface area (Å²) in [5.41, 5.74) is 8.49. The molecule has 1 atom stereocenters. The highest BCUT2D eigenvalue weighted by Crippen LogP contribution is 2.46. The van der Waals surface area contributed by atoms with Crippen molar-refractivity contribution in [1.29, 1.82) is 5.26 Å². The van der Waals surface area contributed by atoms with Crippen LogP contribution in [-0.2, 0) is 16.1 Å². The lowest BCUT2D eigenvalue weighted by Crippen LogP contribution is -2.27. The Morgan fingerprint density at radius 1 is 1.27 bits per heavy atom. The highest BCUT2D eigenvalue weighted by Gasteiger charge is 2.38. The van der Waals surface area contributed by atoms with E-state index < -0.39 is 5.92 Å². The lowest BCUT2D eigenvalue weighted by atomic mass is 9.77. The molecule has 1 aliphatic carbocycles. The second-order valence-electron chi connectivity index (χ2n) is 7.72. The summed E-state index contributed by atoms with van der Waals surface area (Å²) in [6, 6.07) is 13.3. The van der Waals surface area contributed by atoms with Gasteiger partial charge in [-0.1, -0.05) is 23.7 Å². The van der Waals surface area contributed by atoms with Gasteiger partial charge in [-0.3, -0.25) is 4.79 Å². The first-order valence-corrected chi connectivity index (χ1v) is 12.1. The van der Waals surface area contributed by atoms with Crippen molar-refractivity contribution in [3.05, 3.63) is 78.9 Å². The molecule has 2 N–H and O–H groups in total. The second kappa shape index (κ2) is 10.1. The van der Waals surface area contributed by atoms with Crippen molar-refractivity contribution in [2.24, 2.45) is 5.73 Å². The molecule has 170 valence electrons. The van der Waals surface area contributed by atoms with E-state index in [-0.39, 0.29) is 17.2 Å². The first kappa shape index (κ1) is 23.5. The number of rotatable bonds is 6. The number of ether oxygens (including phenoxy) is 3. The van der Waals surface area contributed by atoms with Crippen molar-refractivity contribution >= 4 is 40.0 Å². The normalized spacial score (nSPS) is 17.9. The Bertz CT molecular complexity index is 1220. The average molecular weight is 577 g/mol. The van der Waals surface area contributed by atoms with E-state index in [4.69, 9.17) is 31.5 Å². The number of Topliss-reactive ketones (excluding diaryl/α,β-unsaturated/α-hetero) is 1. The van der Waals surface area contributed by atoms with Gasteiger partial charge in [-0.15, -0.1) is 0 Å². The lowest BCUT2D eigenvalue weighted by molar-refractivity contribution is -0.116. The number of benzene rings is 2. The molecule has 1 heterocycles. The molecular weight excluding hydrogens is 555 g/mol. The Morgan fingerprint density at radius 3 is 2.82 bits per heavy atom. The average Bonchev–Trinajstić information content (AvgIpc) is 2.78. The van der Waals surface area contributed by atoms with Crippen LogP contribution in [0.4, 0.5) is 0 Å². The smallest absolute Gasteiger partial charge is 0.205 e. The Kier molecular flexibility index (Phi) is 7.15. The molecule has 0 aromatic heterocycles. The van der Waals surface area contributed by atoms with E-state index in [1.807, 2.05) is 43.3 Å². The van der Waals surface area contributed by atoms with Gasteiger partial charge in [0.15, 0.2) is 17.3 Å². The van der Waals surface area contributed by atoms with Crippen LogP contribution in [0.2, 0.25) is 5.02 Å². The van der Waals surface area contributed by atoms with E-state index >= 15 is 0 Å². The third-order valence-corrected chi connectivity index (χ3v) is 6.58. The highest BCUT2D eigenvalue weighted by atomic mass is 127. The number of nitrogens with two attached hydrogens (primary N) is 1. The predicted molar refractivity (Wildman–Crippen MR) is 133 cm³/mol. The van der Waals surface area contributed by atoms with Crippen LogP contribution in [0.5, 0.6) is 11.5 Å². The summed E-state index contributed by atoms with van der Waals surface area (Å²) < 4.78 is 18.5. The molecule has 0 unspecified atom stereocenters. The molecule has 4 rings (SSSR count). The van der Waals surface area contributed by atoms with Gasteiger partial charge in [0.1, 0.15) is 24.0 Å². The third-order valence-electron chi connectivity index (χ3n) is 5.54. The van der Waals surface area contributed by atoms with Crippen molar-refractivity contribution in [2.75, 3.05) is 6.61 Å². The van der Waals surface area contributed by atoms with Crippen LogP contribution >= 0.6 is 34.2 Å². The molecule has 8 heteroatoms. The molecule has 1 aliphatic heterocycles. The van der Waals surface area contributed by atoms with Gasteiger partial charge in [0.2, 0.25) is 5.88 Å². The van der Waals surface area contributed by atoms with E-state index in [0.29, 0.717) is 60.3 Å². The van der Waals surface area contributed by atoms with E-state index in [0.717, 1.165) is 14.7 Å². The molecule has 0 fully saturated rings. The van der Waals surface area contributed by atoms with Crippen molar-refractivity contribution in [2.45, 2.75) is 38.7 Å². The number of carbonyl (C=O) groups excluding carboxylic acids is 1. The maximum Gasteiger partial charge on any atom is 0.205 e. The monoisotopic (exact) mass is 576 g/mol. The zero-order chi connectivity index (χ0) is 23.5. The van der Waals surface area contributed by atoms with Crippen molar-refractivity contribution in [3.8, 4) is 17.6 Å². The molecule has 0 saturated carbocycles. The van der Waals surface area contributed by atoms with Crippen LogP contribution in [0.25, 0.3) is 0 Å². The van der Waals surface area contributed by atoms with Crippen LogP contribution in [0.15, 0.2) is 59.2 Å². The lowest BCUT2D eigenvalue weighted by Gasteiger charge is -2.31. The van der Waals surface area contributed by atoms with Gasteiger partial charge in [-0.05, 0) is 71.3 Å². The predicted octanol–water partition coefficient (Wildman–Crippen LogP) is 5.74. The molecule has 2 aromatic rings. The fourth-order valence-corrected chi connectivity index (χ4v) is 5.12. The van der Waals surface area contributed by atoms with E-state index in [2.05, 4.69) is 28.7 Å². The van der Waals surface area contributed by atoms with Gasteiger partial charge in [0.25, 0.3) is 0 Å². The minimum Gasteiger partial charge on any atom is -0.490 e. The molecular formula is C25H22ClIN2O4. The van der Waals surface area contributed by atoms with Gasteiger partial charge in [-0.25, -0.2) is 0 Å². The van der Waals surface area contributed by atoms with Gasteiger partial charge in [0, 0.05) is 23.4 Å². The number of halogens is 2. The van der Waals surface area contributed by atoms with Gasteiger partial charge >= 0.3 is 0 Å². The molecule has 2 aromatic carbocycles. The Morgan fingerprint density at radius 2 is 2.09 bits per heavy atom. The molecule has 6 nitrogen and oxygen atoms in total. The maximum atomic E-state index is 12.9. The number of carbonyl (C=O) groups is 1. The number of hydrogen-bond donors (Lipinski definition) is 1. The van der Waals surface area contributed by atoms with Crippen molar-refractivity contribution < 1.29 is 19.0 Å². The number of ketones is 1. The highest BCUT2D eigenvalue weighted by molar-refractivity contribution is 14.1. The summed E-state index contributed by atoms with van der Waals surface area (Å²) in [7, 11) is 0. The Labute approximate surface area is 211 Å². The molecule has 0 amide bonds. The maximum absolute atomic E-state index is 12.9. The molecule has 0 bridgehead atoms. The van der Waals surface area contributed by atoms with E-state index in [9.17, 15) is 10.1 Å². The van der Waals surface area contributed by atoms with Gasteiger partial charge in [-0.2, -0.15) is 5.26 Å². The summed E-state index contributed by atoms with van der Waals surface area (Å²) in [5.74, 6) is 1.12. The van der Waals surface area contributed by atoms with Crippen LogP contribution in [0.1, 0.15) is 43.2 Å². The van der Waals surface area contributed by atoms with E-state index in [1.54, 1.807) is 0 Å². The topological polar surface area (TPSA) is 94.6 Å². The fraction of sp³-hybridized carbons (Fsp3) is 0.280. The Balaban J connectivity index is 1.76. The quantitative estimate of drug-likeness (QED) is 0.441. The minimum atomic E-state index is -0.596. The summed E-state index contributed by atoms with van der Waals surface area (Å²) in [6.07, 6.45) is 1.75. The van der Waals surface area contributed by atoms with Crippen molar-refractivity contribution in [3.63, 3.8) is 0 Å². The molecule has 0 saturated heterocycles. The third kappa shape index (κ3) is 4.82. The zero-order valence-corrected chi connectivity index (χ0v) is 20.9. The number of nitriles is 1. The summed E-state index contributed by atoms with van der Waals surface area (Å²) in [6.45, 7) is 2.63. The first-order valence-electron chi connectivity index (χ1n) is 10.6. The first-order chi connectivity index (χ1) is 15.9. The number of allylic oxidation sites excluding steroid dienone is 3. The molecule has 2 aliphatic rings. The SMILES string of the molecule is CCOc1cc([C@H]2C(C#N)=C(N)OC3=C2C(=O)CCC3)cc(I)c1OCc1cccc(Cl)c1. The Hall–Kier alpha value is -2.70. The number of hydrogen-bond acceptors (Lipinski definition) is 6. The standard InChI is InChI=1S/C25H22ClIN2O4/c1-2-31-21-11-15(10-18(27)24(21)32-13-14-5-3-6-16(26)9-14)22-17(12-28)25(29)33-20-8-4-7-19(30)23(20)22/h3,5-6,9-11,22H,2,4,7-8,13,29H2,1H3/t22-/m0/s1. The second-order valence-corrected chi connectivity index (χ2v) is 9.32. The van der Waals surface area contributed by atoms with Crippen molar-refractivity contribution in [1.82, 2.24) is 0 Å².